The molecule has 4 rings (SSSR count). The molecular formula is C17H20O3. The second-order valence-electron chi connectivity index (χ2n) is 7.01. The lowest BCUT2D eigenvalue weighted by Crippen LogP contribution is -2.52. The van der Waals surface area contributed by atoms with Crippen LogP contribution in [0.1, 0.15) is 33.1 Å². The van der Waals surface area contributed by atoms with E-state index in [9.17, 15) is 4.79 Å². The number of carbonyl (C=O) groups excluding carboxylic acids is 1. The van der Waals surface area contributed by atoms with Crippen molar-refractivity contribution in [1.82, 2.24) is 0 Å². The Morgan fingerprint density at radius 3 is 2.70 bits per heavy atom. The molecule has 0 radical (unpaired) electrons. The molecule has 0 N–H and O–H groups in total. The van der Waals surface area contributed by atoms with Crippen LogP contribution in [0.15, 0.2) is 30.3 Å². The van der Waals surface area contributed by atoms with Crippen molar-refractivity contribution < 1.29 is 14.3 Å². The summed E-state index contributed by atoms with van der Waals surface area (Å²) in [6.45, 7) is 5.20. The van der Waals surface area contributed by atoms with Crippen LogP contribution in [0.25, 0.3) is 0 Å². The van der Waals surface area contributed by atoms with Gasteiger partial charge in [-0.15, -0.1) is 0 Å². The van der Waals surface area contributed by atoms with Crippen LogP contribution in [0.4, 0.5) is 0 Å². The van der Waals surface area contributed by atoms with Crippen LogP contribution in [-0.4, -0.2) is 18.2 Å². The Bertz CT molecular complexity index is 569. The molecule has 1 saturated heterocycles. The average molecular weight is 272 g/mol. The highest BCUT2D eigenvalue weighted by atomic mass is 16.6. The quantitative estimate of drug-likeness (QED) is 0.612. The third-order valence-electron chi connectivity index (χ3n) is 6.48. The SMILES string of the molecule is CC12COC3(C(=O)Oc4ccccc4)CC1CCC32C. The number of ether oxygens (including phenoxy) is 2. The monoisotopic (exact) mass is 272 g/mol. The lowest BCUT2D eigenvalue weighted by molar-refractivity contribution is -0.171. The molecule has 1 aromatic rings. The smallest absolute Gasteiger partial charge is 0.344 e. The van der Waals surface area contributed by atoms with Gasteiger partial charge in [0.2, 0.25) is 0 Å². The van der Waals surface area contributed by atoms with Crippen LogP contribution in [0.3, 0.4) is 0 Å². The Kier molecular flexibility index (Phi) is 2.26. The van der Waals surface area contributed by atoms with Gasteiger partial charge in [-0.05, 0) is 37.3 Å². The van der Waals surface area contributed by atoms with E-state index >= 15 is 0 Å². The molecule has 4 unspecified atom stereocenters. The number of para-hydroxylation sites is 1. The minimum Gasteiger partial charge on any atom is -0.424 e. The van der Waals surface area contributed by atoms with Gasteiger partial charge in [0.25, 0.3) is 0 Å². The summed E-state index contributed by atoms with van der Waals surface area (Å²) in [5.74, 6) is 1.01. The first-order chi connectivity index (χ1) is 9.52. The molecule has 0 aromatic heterocycles. The van der Waals surface area contributed by atoms with Gasteiger partial charge < -0.3 is 9.47 Å². The number of carbonyl (C=O) groups is 1. The minimum atomic E-state index is -0.722. The second kappa shape index (κ2) is 3.64. The zero-order chi connectivity index (χ0) is 14.0. The summed E-state index contributed by atoms with van der Waals surface area (Å²) in [4.78, 5) is 12.8. The number of hydrogen-bond acceptors (Lipinski definition) is 3. The molecule has 2 aliphatic carbocycles. The topological polar surface area (TPSA) is 35.5 Å². The minimum absolute atomic E-state index is 0.0729. The Hall–Kier alpha value is -1.35. The maximum atomic E-state index is 12.8. The van der Waals surface area contributed by atoms with Crippen LogP contribution in [0.2, 0.25) is 0 Å². The van der Waals surface area contributed by atoms with Gasteiger partial charge in [-0.25, -0.2) is 4.79 Å². The van der Waals surface area contributed by atoms with E-state index in [1.54, 1.807) is 0 Å². The maximum Gasteiger partial charge on any atom is 0.344 e. The van der Waals surface area contributed by atoms with E-state index in [1.807, 2.05) is 30.3 Å². The van der Waals surface area contributed by atoms with Crippen LogP contribution in [-0.2, 0) is 9.53 Å². The summed E-state index contributed by atoms with van der Waals surface area (Å²) in [5.41, 5.74) is -0.653. The maximum absolute atomic E-state index is 12.8. The molecular weight excluding hydrogens is 252 g/mol. The van der Waals surface area contributed by atoms with E-state index in [-0.39, 0.29) is 16.8 Å². The van der Waals surface area contributed by atoms with Gasteiger partial charge in [0.15, 0.2) is 5.60 Å². The zero-order valence-electron chi connectivity index (χ0n) is 12.0. The molecule has 3 fully saturated rings. The molecule has 3 nitrogen and oxygen atoms in total. The van der Waals surface area contributed by atoms with Crippen LogP contribution in [0, 0.1) is 16.7 Å². The molecule has 1 aromatic carbocycles. The Morgan fingerprint density at radius 1 is 1.30 bits per heavy atom. The highest BCUT2D eigenvalue weighted by Gasteiger charge is 2.79. The van der Waals surface area contributed by atoms with Crippen LogP contribution >= 0.6 is 0 Å². The fraction of sp³-hybridized carbons (Fsp3) is 0.588. The van der Waals surface area contributed by atoms with Gasteiger partial charge in [-0.3, -0.25) is 0 Å². The number of esters is 1. The summed E-state index contributed by atoms with van der Waals surface area (Å²) < 4.78 is 11.7. The molecule has 1 aliphatic heterocycles. The second-order valence-corrected chi connectivity index (χ2v) is 7.01. The molecule has 4 atom stereocenters. The lowest BCUT2D eigenvalue weighted by atomic mass is 9.66. The Morgan fingerprint density at radius 2 is 2.05 bits per heavy atom. The van der Waals surface area contributed by atoms with Crippen molar-refractivity contribution in [1.29, 1.82) is 0 Å². The lowest BCUT2D eigenvalue weighted by Gasteiger charge is -2.38. The third kappa shape index (κ3) is 1.19. The summed E-state index contributed by atoms with van der Waals surface area (Å²) in [7, 11) is 0. The normalized spacial score (nSPS) is 44.8. The van der Waals surface area contributed by atoms with Crippen molar-refractivity contribution in [3.05, 3.63) is 30.3 Å². The first-order valence-corrected chi connectivity index (χ1v) is 7.43. The number of benzene rings is 1. The highest BCUT2D eigenvalue weighted by molar-refractivity contribution is 5.85. The first kappa shape index (κ1) is 12.4. The van der Waals surface area contributed by atoms with Crippen molar-refractivity contribution in [3.63, 3.8) is 0 Å². The first-order valence-electron chi connectivity index (χ1n) is 7.43. The van der Waals surface area contributed by atoms with E-state index in [0.717, 1.165) is 12.8 Å². The molecule has 0 spiro atoms. The van der Waals surface area contributed by atoms with Crippen LogP contribution < -0.4 is 4.74 Å². The van der Waals surface area contributed by atoms with E-state index < -0.39 is 5.60 Å². The molecule has 1 heterocycles. The predicted molar refractivity (Wildman–Crippen MR) is 74.3 cm³/mol. The van der Waals surface area contributed by atoms with Crippen molar-refractivity contribution in [2.24, 2.45) is 16.7 Å². The third-order valence-corrected chi connectivity index (χ3v) is 6.48. The van der Waals surface area contributed by atoms with E-state index in [1.165, 1.54) is 6.42 Å². The molecule has 4 bridgehead atoms. The molecule has 3 aliphatic rings. The van der Waals surface area contributed by atoms with Gasteiger partial charge in [0.1, 0.15) is 5.75 Å². The van der Waals surface area contributed by atoms with Crippen molar-refractivity contribution in [2.45, 2.75) is 38.7 Å². The Balaban J connectivity index is 1.68. The standard InChI is InChI=1S/C17H20O3/c1-15-11-19-17(10-12(15)8-9-16(15,17)2)14(18)20-13-6-4-3-5-7-13/h3-7,12H,8-11H2,1-2H3. The van der Waals surface area contributed by atoms with Crippen LogP contribution in [0.5, 0.6) is 5.75 Å². The fourth-order valence-corrected chi connectivity index (χ4v) is 4.89. The summed E-state index contributed by atoms with van der Waals surface area (Å²) in [6, 6.07) is 9.30. The highest BCUT2D eigenvalue weighted by Crippen LogP contribution is 2.75. The van der Waals surface area contributed by atoms with E-state index in [2.05, 4.69) is 13.8 Å². The predicted octanol–water partition coefficient (Wildman–Crippen LogP) is 3.19. The molecule has 0 amide bonds. The molecule has 20 heavy (non-hydrogen) atoms. The fourth-order valence-electron chi connectivity index (χ4n) is 4.89. The number of rotatable bonds is 2. The van der Waals surface area contributed by atoms with Crippen molar-refractivity contribution >= 4 is 5.97 Å². The summed E-state index contributed by atoms with van der Waals surface area (Å²) in [5, 5.41) is 0. The van der Waals surface area contributed by atoms with E-state index in [4.69, 9.17) is 9.47 Å². The summed E-state index contributed by atoms with van der Waals surface area (Å²) in [6.07, 6.45) is 3.11. The van der Waals surface area contributed by atoms with E-state index in [0.29, 0.717) is 18.3 Å². The van der Waals surface area contributed by atoms with Gasteiger partial charge in [0, 0.05) is 10.8 Å². The number of hydrogen-bond donors (Lipinski definition) is 0. The summed E-state index contributed by atoms with van der Waals surface area (Å²) >= 11 is 0. The van der Waals surface area contributed by atoms with Gasteiger partial charge in [-0.2, -0.15) is 0 Å². The zero-order valence-corrected chi connectivity index (χ0v) is 12.0. The average Bonchev–Trinajstić information content (AvgIpc) is 2.92. The van der Waals surface area contributed by atoms with Gasteiger partial charge in [-0.1, -0.05) is 32.0 Å². The largest absolute Gasteiger partial charge is 0.424 e. The molecule has 3 heteroatoms. The van der Waals surface area contributed by atoms with Crippen molar-refractivity contribution in [3.8, 4) is 5.75 Å². The van der Waals surface area contributed by atoms with Gasteiger partial charge in [0.05, 0.1) is 6.61 Å². The Labute approximate surface area is 119 Å². The molecule has 106 valence electrons. The van der Waals surface area contributed by atoms with Crippen molar-refractivity contribution in [2.75, 3.05) is 6.61 Å². The molecule has 2 saturated carbocycles. The van der Waals surface area contributed by atoms with Gasteiger partial charge >= 0.3 is 5.97 Å².